The Balaban J connectivity index is 0.000000284. The first-order valence-corrected chi connectivity index (χ1v) is 21.3. The van der Waals surface area contributed by atoms with Gasteiger partial charge >= 0.3 is 0 Å². The van der Waals surface area contributed by atoms with E-state index in [0.717, 1.165) is 17.7 Å². The van der Waals surface area contributed by atoms with E-state index < -0.39 is 0 Å². The summed E-state index contributed by atoms with van der Waals surface area (Å²) in [5.41, 5.74) is 8.45. The fourth-order valence-corrected chi connectivity index (χ4v) is 10.6. The molecule has 2 fully saturated rings. The SMILES string of the molecule is C=C(C)C.C=Cc1ccccc1.CC(C)CC#N.N#CCCc1ccccc1.c1ccc(-c2ccccc2P(C2CCCCC2)C2CCCCC2)cc1. The van der Waals surface area contributed by atoms with Crippen LogP contribution < -0.4 is 5.30 Å². The van der Waals surface area contributed by atoms with Crippen LogP contribution in [0.1, 0.15) is 116 Å². The van der Waals surface area contributed by atoms with Crippen molar-refractivity contribution >= 4 is 19.3 Å². The number of hydrogen-bond donors (Lipinski definition) is 0. The van der Waals surface area contributed by atoms with Crippen molar-refractivity contribution in [2.45, 2.75) is 122 Å². The lowest BCUT2D eigenvalue weighted by molar-refractivity contribution is 0.487. The fourth-order valence-electron chi connectivity index (χ4n) is 6.59. The minimum atomic E-state index is -0.0365. The van der Waals surface area contributed by atoms with Gasteiger partial charge in [-0.15, -0.1) is 6.58 Å². The molecule has 2 saturated carbocycles. The van der Waals surface area contributed by atoms with E-state index in [0.29, 0.717) is 18.8 Å². The molecule has 0 bridgehead atoms. The first-order chi connectivity index (χ1) is 25.8. The summed E-state index contributed by atoms with van der Waals surface area (Å²) in [7, 11) is -0.0365. The van der Waals surface area contributed by atoms with Crippen molar-refractivity contribution < 1.29 is 0 Å². The minimum Gasteiger partial charge on any atom is -0.198 e. The quantitative estimate of drug-likeness (QED) is 0.134. The first-order valence-electron chi connectivity index (χ1n) is 19.8. The summed E-state index contributed by atoms with van der Waals surface area (Å²) in [5, 5.41) is 18.0. The van der Waals surface area contributed by atoms with E-state index in [2.05, 4.69) is 79.9 Å². The molecular formula is C50H65N2P. The third-order valence-electron chi connectivity index (χ3n) is 9.11. The molecular weight excluding hydrogens is 660 g/mol. The zero-order chi connectivity index (χ0) is 38.5. The standard InChI is InChI=1S/C24H31P.C9H9N.C8H8.C5H9N.C4H8/c1-4-12-20(13-5-1)23-18-10-11-19-24(23)25(21-14-6-2-7-15-21)22-16-8-3-9-17-22;10-8-4-7-9-5-2-1-3-6-9;1-2-8-6-4-3-5-7-8;1-5(2)3-4-6;1-4(2)3/h1,4-5,10-13,18-19,21-22H,2-3,6-9,14-17H2;1-3,5-6H,4,7H2;2-7H,1H2;5H,3H2,1-2H3;1H2,2-3H3. The molecule has 0 amide bonds. The lowest BCUT2D eigenvalue weighted by Crippen LogP contribution is -2.27. The van der Waals surface area contributed by atoms with Crippen LogP contribution in [0.15, 0.2) is 134 Å². The molecule has 3 heteroatoms. The molecule has 0 unspecified atom stereocenters. The third-order valence-corrected chi connectivity index (χ3v) is 12.7. The maximum atomic E-state index is 8.28. The molecule has 53 heavy (non-hydrogen) atoms. The number of nitrogens with zero attached hydrogens (tertiary/aromatic N) is 2. The largest absolute Gasteiger partial charge is 0.198 e. The molecule has 4 aromatic rings. The molecule has 2 nitrogen and oxygen atoms in total. The van der Waals surface area contributed by atoms with E-state index >= 15 is 0 Å². The highest BCUT2D eigenvalue weighted by Gasteiger charge is 2.33. The molecule has 0 heterocycles. The average molecular weight is 725 g/mol. The normalized spacial score (nSPS) is 13.8. The van der Waals surface area contributed by atoms with Gasteiger partial charge in [0.25, 0.3) is 0 Å². The van der Waals surface area contributed by atoms with Gasteiger partial charge in [0, 0.05) is 12.8 Å². The van der Waals surface area contributed by atoms with Crippen LogP contribution in [0.4, 0.5) is 0 Å². The predicted octanol–water partition coefficient (Wildman–Crippen LogP) is 14.7. The van der Waals surface area contributed by atoms with Gasteiger partial charge in [0.2, 0.25) is 0 Å². The minimum absolute atomic E-state index is 0.0365. The number of nitriles is 2. The number of hydrogen-bond acceptors (Lipinski definition) is 2. The smallest absolute Gasteiger partial charge is 0.0625 e. The Morgan fingerprint density at radius 2 is 1.13 bits per heavy atom. The molecule has 0 radical (unpaired) electrons. The number of allylic oxidation sites excluding steroid dienone is 1. The van der Waals surface area contributed by atoms with Gasteiger partial charge in [0.15, 0.2) is 0 Å². The summed E-state index contributed by atoms with van der Waals surface area (Å²) in [6.07, 6.45) is 18.7. The summed E-state index contributed by atoms with van der Waals surface area (Å²) in [5.74, 6) is 0.537. The van der Waals surface area contributed by atoms with Gasteiger partial charge in [-0.25, -0.2) is 0 Å². The van der Waals surface area contributed by atoms with E-state index in [4.69, 9.17) is 10.5 Å². The second-order valence-electron chi connectivity index (χ2n) is 14.6. The molecule has 0 aliphatic heterocycles. The van der Waals surface area contributed by atoms with Crippen LogP contribution >= 0.6 is 7.92 Å². The van der Waals surface area contributed by atoms with Crippen LogP contribution in [0, 0.1) is 28.6 Å². The van der Waals surface area contributed by atoms with E-state index in [1.165, 1.54) is 92.0 Å². The first kappa shape index (κ1) is 44.9. The van der Waals surface area contributed by atoms with Gasteiger partial charge in [0.05, 0.1) is 12.1 Å². The van der Waals surface area contributed by atoms with Crippen molar-refractivity contribution in [2.75, 3.05) is 0 Å². The monoisotopic (exact) mass is 724 g/mol. The summed E-state index contributed by atoms with van der Waals surface area (Å²) in [6.45, 7) is 15.2. The van der Waals surface area contributed by atoms with Gasteiger partial charge in [-0.2, -0.15) is 10.5 Å². The highest BCUT2D eigenvalue weighted by atomic mass is 31.1. The summed E-state index contributed by atoms with van der Waals surface area (Å²) >= 11 is 0. The van der Waals surface area contributed by atoms with Crippen molar-refractivity contribution in [3.63, 3.8) is 0 Å². The molecule has 0 spiro atoms. The van der Waals surface area contributed by atoms with Crippen LogP contribution in [0.3, 0.4) is 0 Å². The van der Waals surface area contributed by atoms with E-state index in [1.54, 1.807) is 5.30 Å². The highest BCUT2D eigenvalue weighted by Crippen LogP contribution is 2.56. The Morgan fingerprint density at radius 3 is 1.55 bits per heavy atom. The average Bonchev–Trinajstić information content (AvgIpc) is 3.20. The lowest BCUT2D eigenvalue weighted by Gasteiger charge is -2.39. The predicted molar refractivity (Wildman–Crippen MR) is 235 cm³/mol. The van der Waals surface area contributed by atoms with E-state index in [9.17, 15) is 0 Å². The van der Waals surface area contributed by atoms with E-state index in [-0.39, 0.29) is 7.92 Å². The van der Waals surface area contributed by atoms with Gasteiger partial charge in [-0.3, -0.25) is 0 Å². The number of rotatable bonds is 8. The zero-order valence-corrected chi connectivity index (χ0v) is 34.1. The van der Waals surface area contributed by atoms with Gasteiger partial charge in [-0.1, -0.05) is 194 Å². The topological polar surface area (TPSA) is 47.6 Å². The molecule has 2 aliphatic carbocycles. The Labute approximate surface area is 325 Å². The second-order valence-corrected chi connectivity index (χ2v) is 17.4. The number of aryl methyl sites for hydroxylation is 1. The van der Waals surface area contributed by atoms with Crippen molar-refractivity contribution in [1.82, 2.24) is 0 Å². The van der Waals surface area contributed by atoms with Crippen molar-refractivity contribution in [2.24, 2.45) is 5.92 Å². The van der Waals surface area contributed by atoms with E-state index in [1.807, 2.05) is 94.4 Å². The molecule has 0 aromatic heterocycles. The summed E-state index contributed by atoms with van der Waals surface area (Å²) in [4.78, 5) is 0. The van der Waals surface area contributed by atoms with Crippen LogP contribution in [0.5, 0.6) is 0 Å². The van der Waals surface area contributed by atoms with Crippen LogP contribution in [-0.2, 0) is 6.42 Å². The number of benzene rings is 4. The lowest BCUT2D eigenvalue weighted by atomic mass is 9.99. The maximum absolute atomic E-state index is 8.28. The van der Waals surface area contributed by atoms with Crippen LogP contribution in [0.2, 0.25) is 0 Å². The molecule has 6 rings (SSSR count). The Kier molecular flexibility index (Phi) is 24.0. The third kappa shape index (κ3) is 19.4. The van der Waals surface area contributed by atoms with Gasteiger partial charge in [0.1, 0.15) is 0 Å². The van der Waals surface area contributed by atoms with Gasteiger partial charge < -0.3 is 0 Å². The summed E-state index contributed by atoms with van der Waals surface area (Å²) < 4.78 is 0. The summed E-state index contributed by atoms with van der Waals surface area (Å²) in [6, 6.07) is 44.8. The molecule has 280 valence electrons. The fraction of sp³-hybridized carbons (Fsp3) is 0.400. The molecule has 0 saturated heterocycles. The highest BCUT2D eigenvalue weighted by molar-refractivity contribution is 7.67. The molecule has 2 aliphatic rings. The molecule has 4 aromatic carbocycles. The van der Waals surface area contributed by atoms with Crippen molar-refractivity contribution in [3.8, 4) is 23.3 Å². The maximum Gasteiger partial charge on any atom is 0.0625 e. The van der Waals surface area contributed by atoms with Crippen LogP contribution in [0.25, 0.3) is 17.2 Å². The van der Waals surface area contributed by atoms with Crippen molar-refractivity contribution in [3.05, 3.63) is 145 Å². The molecule has 0 N–H and O–H groups in total. The zero-order valence-electron chi connectivity index (χ0n) is 33.2. The second kappa shape index (κ2) is 28.3. The van der Waals surface area contributed by atoms with Gasteiger partial charge in [-0.05, 0) is 90.7 Å². The van der Waals surface area contributed by atoms with Crippen molar-refractivity contribution in [1.29, 1.82) is 10.5 Å². The Hall–Kier alpha value is -4.23. The Morgan fingerprint density at radius 1 is 0.679 bits per heavy atom. The Bertz CT molecular complexity index is 1580. The molecule has 0 atom stereocenters. The van der Waals surface area contributed by atoms with Crippen LogP contribution in [-0.4, -0.2) is 11.3 Å².